The molecule has 3 aromatic heterocycles. The Bertz CT molecular complexity index is 919. The highest BCUT2D eigenvalue weighted by Crippen LogP contribution is 2.19. The predicted octanol–water partition coefficient (Wildman–Crippen LogP) is 2.36. The predicted molar refractivity (Wildman–Crippen MR) is 82.2 cm³/mol. The quantitative estimate of drug-likeness (QED) is 0.738. The van der Waals surface area contributed by atoms with Crippen molar-refractivity contribution < 1.29 is 12.9 Å². The molecule has 0 unspecified atom stereocenters. The highest BCUT2D eigenvalue weighted by molar-refractivity contribution is 7.89. The molecule has 3 aromatic rings. The summed E-state index contributed by atoms with van der Waals surface area (Å²) in [7, 11) is -3.34. The van der Waals surface area contributed by atoms with Crippen LogP contribution in [0.2, 0.25) is 0 Å². The van der Waals surface area contributed by atoms with Gasteiger partial charge in [-0.15, -0.1) is 0 Å². The van der Waals surface area contributed by atoms with Crippen molar-refractivity contribution in [3.05, 3.63) is 52.8 Å². The van der Waals surface area contributed by atoms with Gasteiger partial charge in [-0.1, -0.05) is 11.2 Å². The van der Waals surface area contributed by atoms with Crippen molar-refractivity contribution in [2.24, 2.45) is 0 Å². The first-order valence-electron chi connectivity index (χ1n) is 6.91. The summed E-state index contributed by atoms with van der Waals surface area (Å²) in [5.74, 6) is 0.367. The van der Waals surface area contributed by atoms with Crippen molar-refractivity contribution in [2.75, 3.05) is 0 Å². The summed E-state index contributed by atoms with van der Waals surface area (Å²) in [6.07, 6.45) is 1.77. The Balaban J connectivity index is 1.88. The van der Waals surface area contributed by atoms with E-state index in [1.807, 2.05) is 29.5 Å². The number of hydrogen-bond donors (Lipinski definition) is 0. The van der Waals surface area contributed by atoms with Crippen molar-refractivity contribution in [1.82, 2.24) is 14.5 Å². The zero-order chi connectivity index (χ0) is 15.9. The number of pyridine rings is 1. The fraction of sp³-hybridized carbons (Fsp3) is 0.333. The molecule has 0 aliphatic heterocycles. The van der Waals surface area contributed by atoms with Crippen LogP contribution in [0.3, 0.4) is 0 Å². The molecule has 0 radical (unpaired) electrons. The average Bonchev–Trinajstić information content (AvgIpc) is 2.97. The zero-order valence-electron chi connectivity index (χ0n) is 12.7. The highest BCUT2D eigenvalue weighted by atomic mass is 32.2. The van der Waals surface area contributed by atoms with Gasteiger partial charge in [0, 0.05) is 17.5 Å². The van der Waals surface area contributed by atoms with Gasteiger partial charge in [0.1, 0.15) is 11.4 Å². The first-order valence-corrected chi connectivity index (χ1v) is 8.73. The van der Waals surface area contributed by atoms with E-state index in [4.69, 9.17) is 4.52 Å². The molecule has 6 nitrogen and oxygen atoms in total. The summed E-state index contributed by atoms with van der Waals surface area (Å²) in [6.45, 7) is 5.42. The van der Waals surface area contributed by atoms with Crippen LogP contribution < -0.4 is 0 Å². The molecule has 0 fully saturated rings. The van der Waals surface area contributed by atoms with Gasteiger partial charge < -0.3 is 8.92 Å². The van der Waals surface area contributed by atoms with E-state index >= 15 is 0 Å². The molecule has 0 saturated carbocycles. The summed E-state index contributed by atoms with van der Waals surface area (Å²) in [6, 6.07) is 5.72. The van der Waals surface area contributed by atoms with Crippen molar-refractivity contribution in [2.45, 2.75) is 32.3 Å². The van der Waals surface area contributed by atoms with Crippen LogP contribution in [-0.4, -0.2) is 23.0 Å². The molecule has 0 saturated heterocycles. The molecule has 0 aliphatic carbocycles. The largest absolute Gasteiger partial charge is 0.361 e. The standard InChI is InChI=1S/C15H17N3O3S/c1-10-5-4-6-15-16-13(7-18(10)15)8-22(19,20)9-14-11(2)17-21-12(14)3/h4-7H,8-9H2,1-3H3. The molecule has 0 aromatic carbocycles. The normalized spacial score (nSPS) is 12.1. The zero-order valence-corrected chi connectivity index (χ0v) is 13.5. The van der Waals surface area contributed by atoms with Gasteiger partial charge in [-0.2, -0.15) is 0 Å². The Morgan fingerprint density at radius 1 is 1.18 bits per heavy atom. The first kappa shape index (κ1) is 14.8. The van der Waals surface area contributed by atoms with Crippen LogP contribution in [-0.2, 0) is 21.3 Å². The van der Waals surface area contributed by atoms with Crippen molar-refractivity contribution in [3.63, 3.8) is 0 Å². The van der Waals surface area contributed by atoms with Gasteiger partial charge in [-0.3, -0.25) is 0 Å². The maximum atomic E-state index is 12.4. The van der Waals surface area contributed by atoms with E-state index < -0.39 is 9.84 Å². The summed E-state index contributed by atoms with van der Waals surface area (Å²) in [5, 5.41) is 3.79. The van der Waals surface area contributed by atoms with Crippen LogP contribution in [0.5, 0.6) is 0 Å². The van der Waals surface area contributed by atoms with E-state index in [1.165, 1.54) is 0 Å². The van der Waals surface area contributed by atoms with E-state index in [1.54, 1.807) is 20.0 Å². The second-order valence-corrected chi connectivity index (χ2v) is 7.53. The Kier molecular flexibility index (Phi) is 3.52. The van der Waals surface area contributed by atoms with E-state index in [9.17, 15) is 8.42 Å². The number of sulfone groups is 1. The van der Waals surface area contributed by atoms with Crippen molar-refractivity contribution >= 4 is 15.5 Å². The molecule has 116 valence electrons. The molecule has 22 heavy (non-hydrogen) atoms. The van der Waals surface area contributed by atoms with Gasteiger partial charge >= 0.3 is 0 Å². The van der Waals surface area contributed by atoms with E-state index in [0.717, 1.165) is 11.3 Å². The lowest BCUT2D eigenvalue weighted by atomic mass is 10.2. The monoisotopic (exact) mass is 319 g/mol. The summed E-state index contributed by atoms with van der Waals surface area (Å²) in [5.41, 5.74) is 3.56. The van der Waals surface area contributed by atoms with Crippen LogP contribution in [0.4, 0.5) is 0 Å². The molecule has 0 spiro atoms. The third-order valence-corrected chi connectivity index (χ3v) is 5.12. The maximum Gasteiger partial charge on any atom is 0.160 e. The Hall–Kier alpha value is -2.15. The van der Waals surface area contributed by atoms with Gasteiger partial charge in [0.15, 0.2) is 9.84 Å². The SMILES string of the molecule is Cc1noc(C)c1CS(=O)(=O)Cc1cn2c(C)cccc2n1. The van der Waals surface area contributed by atoms with E-state index in [2.05, 4.69) is 10.1 Å². The fourth-order valence-electron chi connectivity index (χ4n) is 2.47. The number of aryl methyl sites for hydroxylation is 3. The summed E-state index contributed by atoms with van der Waals surface area (Å²) in [4.78, 5) is 4.38. The van der Waals surface area contributed by atoms with Crippen LogP contribution >= 0.6 is 0 Å². The molecule has 0 aliphatic rings. The minimum atomic E-state index is -3.34. The van der Waals surface area contributed by atoms with Crippen LogP contribution in [0.1, 0.15) is 28.4 Å². The Morgan fingerprint density at radius 3 is 2.59 bits per heavy atom. The second-order valence-electron chi connectivity index (χ2n) is 5.46. The van der Waals surface area contributed by atoms with E-state index in [0.29, 0.717) is 22.7 Å². The molecule has 0 bridgehead atoms. The Morgan fingerprint density at radius 2 is 1.95 bits per heavy atom. The van der Waals surface area contributed by atoms with Gasteiger partial charge in [-0.05, 0) is 32.9 Å². The number of rotatable bonds is 4. The number of aromatic nitrogens is 3. The minimum absolute atomic E-state index is 0.0823. The van der Waals surface area contributed by atoms with Crippen LogP contribution in [0.15, 0.2) is 28.9 Å². The topological polar surface area (TPSA) is 77.5 Å². The third kappa shape index (κ3) is 2.76. The Labute approximate surface area is 128 Å². The highest BCUT2D eigenvalue weighted by Gasteiger charge is 2.20. The van der Waals surface area contributed by atoms with Gasteiger partial charge in [0.2, 0.25) is 0 Å². The molecule has 0 amide bonds. The van der Waals surface area contributed by atoms with Crippen molar-refractivity contribution in [3.8, 4) is 0 Å². The molecular weight excluding hydrogens is 302 g/mol. The summed E-state index contributed by atoms with van der Waals surface area (Å²) >= 11 is 0. The van der Waals surface area contributed by atoms with Crippen LogP contribution in [0.25, 0.3) is 5.65 Å². The summed E-state index contributed by atoms with van der Waals surface area (Å²) < 4.78 is 31.7. The number of fused-ring (bicyclic) bond motifs is 1. The first-order chi connectivity index (χ1) is 10.4. The second kappa shape index (κ2) is 5.24. The maximum absolute atomic E-state index is 12.4. The van der Waals surface area contributed by atoms with Crippen molar-refractivity contribution in [1.29, 1.82) is 0 Å². The molecule has 3 rings (SSSR count). The third-order valence-electron chi connectivity index (χ3n) is 3.66. The lowest BCUT2D eigenvalue weighted by Crippen LogP contribution is -2.09. The molecule has 7 heteroatoms. The molecule has 0 N–H and O–H groups in total. The minimum Gasteiger partial charge on any atom is -0.361 e. The molecular formula is C15H17N3O3S. The number of nitrogens with zero attached hydrogens (tertiary/aromatic N) is 3. The molecule has 3 heterocycles. The smallest absolute Gasteiger partial charge is 0.160 e. The van der Waals surface area contributed by atoms with E-state index in [-0.39, 0.29) is 11.5 Å². The van der Waals surface area contributed by atoms with Gasteiger partial charge in [0.05, 0.1) is 22.9 Å². The molecule has 0 atom stereocenters. The number of hydrogen-bond acceptors (Lipinski definition) is 5. The number of imidazole rings is 1. The average molecular weight is 319 g/mol. The fourth-order valence-corrected chi connectivity index (χ4v) is 4.02. The van der Waals surface area contributed by atoms with Gasteiger partial charge in [0.25, 0.3) is 0 Å². The lowest BCUT2D eigenvalue weighted by Gasteiger charge is -2.01. The van der Waals surface area contributed by atoms with Crippen LogP contribution in [0, 0.1) is 20.8 Å². The van der Waals surface area contributed by atoms with Gasteiger partial charge in [-0.25, -0.2) is 13.4 Å². The lowest BCUT2D eigenvalue weighted by molar-refractivity contribution is 0.392.